The third-order valence-corrected chi connectivity index (χ3v) is 4.49. The summed E-state index contributed by atoms with van der Waals surface area (Å²) >= 11 is 0. The van der Waals surface area contributed by atoms with Crippen LogP contribution in [0, 0.1) is 0 Å². The fourth-order valence-electron chi connectivity index (χ4n) is 3.35. The van der Waals surface area contributed by atoms with Gasteiger partial charge in [0.05, 0.1) is 6.04 Å². The molecule has 0 aliphatic carbocycles. The van der Waals surface area contributed by atoms with Crippen molar-refractivity contribution < 1.29 is 4.79 Å². The van der Waals surface area contributed by atoms with Gasteiger partial charge in [0.15, 0.2) is 0 Å². The Kier molecular flexibility index (Phi) is 3.79. The van der Waals surface area contributed by atoms with Gasteiger partial charge in [0, 0.05) is 36.9 Å². The lowest BCUT2D eigenvalue weighted by atomic mass is 9.88. The highest BCUT2D eigenvalue weighted by molar-refractivity contribution is 5.94. The molecule has 1 amide bonds. The van der Waals surface area contributed by atoms with Crippen LogP contribution in [0.2, 0.25) is 0 Å². The third kappa shape index (κ3) is 2.56. The van der Waals surface area contributed by atoms with Crippen molar-refractivity contribution >= 4 is 5.91 Å². The Morgan fingerprint density at radius 1 is 0.917 bits per heavy atom. The molecule has 24 heavy (non-hydrogen) atoms. The van der Waals surface area contributed by atoms with Crippen LogP contribution in [0.1, 0.15) is 33.1 Å². The molecule has 1 unspecified atom stereocenters. The van der Waals surface area contributed by atoms with Crippen LogP contribution < -0.4 is 0 Å². The largest absolute Gasteiger partial charge is 0.327 e. The number of aromatic nitrogens is 2. The second-order valence-electron chi connectivity index (χ2n) is 5.87. The molecule has 4 heteroatoms. The first-order chi connectivity index (χ1) is 11.8. The second-order valence-corrected chi connectivity index (χ2v) is 5.87. The van der Waals surface area contributed by atoms with E-state index in [2.05, 4.69) is 28.2 Å². The molecule has 3 heterocycles. The Labute approximate surface area is 140 Å². The molecule has 0 saturated carbocycles. The summed E-state index contributed by atoms with van der Waals surface area (Å²) < 4.78 is 0. The Morgan fingerprint density at radius 2 is 1.58 bits per heavy atom. The van der Waals surface area contributed by atoms with Crippen LogP contribution in [0.4, 0.5) is 0 Å². The maximum absolute atomic E-state index is 13.1. The summed E-state index contributed by atoms with van der Waals surface area (Å²) in [5, 5.41) is 0. The maximum Gasteiger partial charge on any atom is 0.254 e. The fraction of sp³-hybridized carbons (Fsp3) is 0.150. The summed E-state index contributed by atoms with van der Waals surface area (Å²) in [5.74, 6) is 0.0358. The highest BCUT2D eigenvalue weighted by Gasteiger charge is 2.32. The van der Waals surface area contributed by atoms with Gasteiger partial charge >= 0.3 is 0 Å². The first kappa shape index (κ1) is 14.6. The zero-order chi connectivity index (χ0) is 16.4. The lowest BCUT2D eigenvalue weighted by Crippen LogP contribution is -2.40. The van der Waals surface area contributed by atoms with E-state index >= 15 is 0 Å². The van der Waals surface area contributed by atoms with E-state index in [0.717, 1.165) is 12.0 Å². The van der Waals surface area contributed by atoms with Gasteiger partial charge < -0.3 is 4.90 Å². The average molecular weight is 315 g/mol. The number of carbonyl (C=O) groups excluding carboxylic acids is 1. The molecular weight excluding hydrogens is 298 g/mol. The summed E-state index contributed by atoms with van der Waals surface area (Å²) in [7, 11) is 0. The second kappa shape index (κ2) is 6.24. The highest BCUT2D eigenvalue weighted by Crippen LogP contribution is 2.35. The Morgan fingerprint density at radius 3 is 2.33 bits per heavy atom. The van der Waals surface area contributed by atoms with E-state index < -0.39 is 0 Å². The van der Waals surface area contributed by atoms with E-state index in [1.165, 1.54) is 11.1 Å². The van der Waals surface area contributed by atoms with Crippen LogP contribution in [0.3, 0.4) is 0 Å². The molecule has 0 fully saturated rings. The zero-order valence-corrected chi connectivity index (χ0v) is 13.2. The standard InChI is InChI=1S/C20H17N3O/c24-20(17-7-12-22-13-8-17)23-14-9-15-3-1-2-4-18(15)19(23)16-5-10-21-11-6-16/h1-8,10-13,19H,9,14H2. The summed E-state index contributed by atoms with van der Waals surface area (Å²) in [6, 6.07) is 15.8. The number of hydrogen-bond acceptors (Lipinski definition) is 3. The van der Waals surface area contributed by atoms with Gasteiger partial charge in [-0.15, -0.1) is 0 Å². The minimum Gasteiger partial charge on any atom is -0.327 e. The van der Waals surface area contributed by atoms with Crippen LogP contribution >= 0.6 is 0 Å². The van der Waals surface area contributed by atoms with Gasteiger partial charge in [-0.05, 0) is 47.4 Å². The Balaban J connectivity index is 1.80. The fourth-order valence-corrected chi connectivity index (χ4v) is 3.35. The molecule has 4 rings (SSSR count). The molecule has 118 valence electrons. The summed E-state index contributed by atoms with van der Waals surface area (Å²) in [5.41, 5.74) is 4.25. The molecule has 1 aliphatic heterocycles. The quantitative estimate of drug-likeness (QED) is 0.729. The number of amides is 1. The smallest absolute Gasteiger partial charge is 0.254 e. The van der Waals surface area contributed by atoms with Crippen molar-refractivity contribution in [2.75, 3.05) is 6.54 Å². The molecule has 0 bridgehead atoms. The monoisotopic (exact) mass is 315 g/mol. The van der Waals surface area contributed by atoms with E-state index in [1.54, 1.807) is 36.9 Å². The van der Waals surface area contributed by atoms with Crippen LogP contribution in [0.5, 0.6) is 0 Å². The minimum absolute atomic E-state index is 0.0358. The van der Waals surface area contributed by atoms with Crippen molar-refractivity contribution in [1.29, 1.82) is 0 Å². The molecule has 0 saturated heterocycles. The molecule has 0 N–H and O–H groups in total. The molecule has 2 aromatic heterocycles. The summed E-state index contributed by atoms with van der Waals surface area (Å²) in [4.78, 5) is 23.1. The lowest BCUT2D eigenvalue weighted by Gasteiger charge is -2.37. The van der Waals surface area contributed by atoms with E-state index in [-0.39, 0.29) is 11.9 Å². The molecule has 1 aliphatic rings. The molecular formula is C20H17N3O. The van der Waals surface area contributed by atoms with Crippen molar-refractivity contribution in [2.24, 2.45) is 0 Å². The molecule has 4 nitrogen and oxygen atoms in total. The number of carbonyl (C=O) groups is 1. The van der Waals surface area contributed by atoms with Gasteiger partial charge in [0.1, 0.15) is 0 Å². The normalized spacial score (nSPS) is 16.5. The lowest BCUT2D eigenvalue weighted by molar-refractivity contribution is 0.0694. The summed E-state index contributed by atoms with van der Waals surface area (Å²) in [6.45, 7) is 0.700. The average Bonchev–Trinajstić information content (AvgIpc) is 2.68. The predicted molar refractivity (Wildman–Crippen MR) is 91.5 cm³/mol. The van der Waals surface area contributed by atoms with Crippen LogP contribution in [-0.4, -0.2) is 27.3 Å². The molecule has 0 radical (unpaired) electrons. The van der Waals surface area contributed by atoms with Crippen molar-refractivity contribution in [2.45, 2.75) is 12.5 Å². The number of hydrogen-bond donors (Lipinski definition) is 0. The van der Waals surface area contributed by atoms with Crippen molar-refractivity contribution in [1.82, 2.24) is 14.9 Å². The van der Waals surface area contributed by atoms with Crippen LogP contribution in [0.25, 0.3) is 0 Å². The number of rotatable bonds is 2. The molecule has 0 spiro atoms. The summed E-state index contributed by atoms with van der Waals surface area (Å²) in [6.07, 6.45) is 7.75. The van der Waals surface area contributed by atoms with E-state index in [0.29, 0.717) is 12.1 Å². The van der Waals surface area contributed by atoms with Crippen molar-refractivity contribution in [3.8, 4) is 0 Å². The van der Waals surface area contributed by atoms with E-state index in [1.807, 2.05) is 23.1 Å². The number of nitrogens with zero attached hydrogens (tertiary/aromatic N) is 3. The third-order valence-electron chi connectivity index (χ3n) is 4.49. The van der Waals surface area contributed by atoms with Crippen molar-refractivity contribution in [3.05, 3.63) is 95.6 Å². The molecule has 1 aromatic carbocycles. The molecule has 3 aromatic rings. The molecule has 1 atom stereocenters. The first-order valence-corrected chi connectivity index (χ1v) is 8.03. The maximum atomic E-state index is 13.1. The van der Waals surface area contributed by atoms with Gasteiger partial charge in [-0.3, -0.25) is 14.8 Å². The number of pyridine rings is 2. The topological polar surface area (TPSA) is 46.1 Å². The van der Waals surface area contributed by atoms with Crippen LogP contribution in [0.15, 0.2) is 73.3 Å². The SMILES string of the molecule is O=C(c1ccncc1)N1CCc2ccccc2C1c1ccncc1. The Bertz CT molecular complexity index is 849. The van der Waals surface area contributed by atoms with E-state index in [4.69, 9.17) is 0 Å². The number of benzene rings is 1. The highest BCUT2D eigenvalue weighted by atomic mass is 16.2. The Hall–Kier alpha value is -3.01. The van der Waals surface area contributed by atoms with Crippen molar-refractivity contribution in [3.63, 3.8) is 0 Å². The van der Waals surface area contributed by atoms with Gasteiger partial charge in [-0.25, -0.2) is 0 Å². The first-order valence-electron chi connectivity index (χ1n) is 8.03. The zero-order valence-electron chi connectivity index (χ0n) is 13.2. The predicted octanol–water partition coefficient (Wildman–Crippen LogP) is 3.26. The van der Waals surface area contributed by atoms with Gasteiger partial charge in [0.25, 0.3) is 5.91 Å². The van der Waals surface area contributed by atoms with Gasteiger partial charge in [0.2, 0.25) is 0 Å². The number of fused-ring (bicyclic) bond motifs is 1. The van der Waals surface area contributed by atoms with Crippen LogP contribution in [-0.2, 0) is 6.42 Å². The van der Waals surface area contributed by atoms with Gasteiger partial charge in [-0.2, -0.15) is 0 Å². The van der Waals surface area contributed by atoms with Gasteiger partial charge in [-0.1, -0.05) is 24.3 Å². The van der Waals surface area contributed by atoms with E-state index in [9.17, 15) is 4.79 Å². The minimum atomic E-state index is -0.0846.